The maximum absolute atomic E-state index is 14.2. The van der Waals surface area contributed by atoms with Gasteiger partial charge in [0.25, 0.3) is 5.69 Å². The third-order valence-corrected chi connectivity index (χ3v) is 4.15. The van der Waals surface area contributed by atoms with Crippen molar-refractivity contribution in [2.75, 3.05) is 18.0 Å². The van der Waals surface area contributed by atoms with Crippen LogP contribution in [0, 0.1) is 15.9 Å². The van der Waals surface area contributed by atoms with Gasteiger partial charge in [-0.3, -0.25) is 14.8 Å². The first-order valence-electron chi connectivity index (χ1n) is 7.57. The summed E-state index contributed by atoms with van der Waals surface area (Å²) in [5, 5.41) is 14.3. The second-order valence-electron chi connectivity index (χ2n) is 5.81. The largest absolute Gasteiger partial charge is 0.435 e. The number of alkyl halides is 3. The maximum atomic E-state index is 14.2. The van der Waals surface area contributed by atoms with E-state index >= 15 is 0 Å². The predicted octanol–water partition coefficient (Wildman–Crippen LogP) is 3.79. The molecule has 6 nitrogen and oxygen atoms in total. The Kier molecular flexibility index (Phi) is 4.36. The molecule has 1 aromatic carbocycles. The number of anilines is 1. The monoisotopic (exact) mass is 358 g/mol. The minimum atomic E-state index is -4.51. The third-order valence-electron chi connectivity index (χ3n) is 4.15. The molecular formula is C15H14F4N4O2. The van der Waals surface area contributed by atoms with Crippen molar-refractivity contribution in [2.45, 2.75) is 25.1 Å². The molecule has 1 unspecified atom stereocenters. The number of piperidine rings is 1. The molecule has 1 fully saturated rings. The Morgan fingerprint density at radius 2 is 2.04 bits per heavy atom. The number of nitro benzene ring substituents is 1. The highest BCUT2D eigenvalue weighted by Crippen LogP contribution is 2.32. The molecule has 134 valence electrons. The van der Waals surface area contributed by atoms with Gasteiger partial charge in [0.15, 0.2) is 11.5 Å². The first kappa shape index (κ1) is 17.2. The molecule has 0 bridgehead atoms. The summed E-state index contributed by atoms with van der Waals surface area (Å²) in [5.74, 6) is -0.730. The summed E-state index contributed by atoms with van der Waals surface area (Å²) in [6, 6.07) is 3.94. The lowest BCUT2D eigenvalue weighted by Gasteiger charge is -2.34. The van der Waals surface area contributed by atoms with Gasteiger partial charge in [0.05, 0.1) is 22.7 Å². The summed E-state index contributed by atoms with van der Waals surface area (Å²) in [6.45, 7) is 0.784. The molecule has 2 aromatic rings. The number of nitrogens with zero attached hydrogens (tertiary/aromatic N) is 4. The van der Waals surface area contributed by atoms with Crippen LogP contribution in [0.5, 0.6) is 0 Å². The van der Waals surface area contributed by atoms with Crippen LogP contribution in [0.3, 0.4) is 0 Å². The van der Waals surface area contributed by atoms with Gasteiger partial charge in [-0.1, -0.05) is 0 Å². The molecule has 0 spiro atoms. The highest BCUT2D eigenvalue weighted by Gasteiger charge is 2.34. The first-order chi connectivity index (χ1) is 11.8. The lowest BCUT2D eigenvalue weighted by atomic mass is 10.0. The molecule has 0 aliphatic carbocycles. The number of hydrogen-bond donors (Lipinski definition) is 0. The lowest BCUT2D eigenvalue weighted by molar-refractivity contribution is -0.385. The van der Waals surface area contributed by atoms with Gasteiger partial charge in [0.2, 0.25) is 0 Å². The molecule has 1 saturated heterocycles. The van der Waals surface area contributed by atoms with Gasteiger partial charge < -0.3 is 4.90 Å². The minimum absolute atomic E-state index is 0.193. The molecule has 1 aliphatic heterocycles. The Hall–Kier alpha value is -2.65. The van der Waals surface area contributed by atoms with E-state index in [0.29, 0.717) is 19.4 Å². The number of non-ortho nitro benzene ring substituents is 1. The van der Waals surface area contributed by atoms with Gasteiger partial charge in [-0.05, 0) is 25.0 Å². The number of rotatable bonds is 3. The van der Waals surface area contributed by atoms with Crippen LogP contribution in [0.1, 0.15) is 24.6 Å². The van der Waals surface area contributed by atoms with Gasteiger partial charge in [-0.2, -0.15) is 18.3 Å². The molecule has 1 aromatic heterocycles. The van der Waals surface area contributed by atoms with Crippen LogP contribution in [0.15, 0.2) is 30.5 Å². The summed E-state index contributed by atoms with van der Waals surface area (Å²) in [7, 11) is 0. The first-order valence-corrected chi connectivity index (χ1v) is 7.57. The molecule has 2 heterocycles. The SMILES string of the molecule is O=[N+]([O-])c1ccc(N2CCCC(n3ccc(C(F)(F)F)n3)C2)c(F)c1. The van der Waals surface area contributed by atoms with Crippen molar-refractivity contribution in [1.82, 2.24) is 9.78 Å². The van der Waals surface area contributed by atoms with Gasteiger partial charge in [-0.25, -0.2) is 4.39 Å². The molecule has 1 aliphatic rings. The second kappa shape index (κ2) is 6.34. The van der Waals surface area contributed by atoms with E-state index in [1.807, 2.05) is 0 Å². The number of nitro groups is 1. The number of halogens is 4. The van der Waals surface area contributed by atoms with E-state index in [-0.39, 0.29) is 24.0 Å². The number of aromatic nitrogens is 2. The average molecular weight is 358 g/mol. The van der Waals surface area contributed by atoms with Crippen LogP contribution < -0.4 is 4.90 Å². The number of benzene rings is 1. The molecule has 1 atom stereocenters. The van der Waals surface area contributed by atoms with Crippen LogP contribution in [-0.4, -0.2) is 27.8 Å². The Bertz CT molecular complexity index is 790. The van der Waals surface area contributed by atoms with Crippen molar-refractivity contribution in [3.8, 4) is 0 Å². The summed E-state index contributed by atoms with van der Waals surface area (Å²) in [4.78, 5) is 11.7. The highest BCUT2D eigenvalue weighted by molar-refractivity contribution is 5.52. The summed E-state index contributed by atoms with van der Waals surface area (Å²) in [5.41, 5.74) is -1.12. The number of hydrogen-bond acceptors (Lipinski definition) is 4. The normalized spacial score (nSPS) is 18.4. The zero-order valence-corrected chi connectivity index (χ0v) is 12.9. The quantitative estimate of drug-likeness (QED) is 0.476. The van der Waals surface area contributed by atoms with E-state index in [1.54, 1.807) is 4.90 Å². The van der Waals surface area contributed by atoms with Crippen LogP contribution >= 0.6 is 0 Å². The standard InChI is InChI=1S/C15H14F4N4O2/c16-12-8-10(23(24)25)3-4-13(12)21-6-1-2-11(9-21)22-7-5-14(20-22)15(17,18)19/h3-5,7-8,11H,1-2,6,9H2. The molecule has 3 rings (SSSR count). The Morgan fingerprint density at radius 1 is 1.28 bits per heavy atom. The Morgan fingerprint density at radius 3 is 2.64 bits per heavy atom. The average Bonchev–Trinajstić information content (AvgIpc) is 3.05. The zero-order valence-electron chi connectivity index (χ0n) is 12.9. The summed E-state index contributed by atoms with van der Waals surface area (Å²) in [6.07, 6.45) is -1.99. The van der Waals surface area contributed by atoms with E-state index in [4.69, 9.17) is 0 Å². The van der Waals surface area contributed by atoms with Crippen molar-refractivity contribution in [2.24, 2.45) is 0 Å². The second-order valence-corrected chi connectivity index (χ2v) is 5.81. The van der Waals surface area contributed by atoms with E-state index < -0.39 is 22.6 Å². The molecule has 25 heavy (non-hydrogen) atoms. The van der Waals surface area contributed by atoms with Crippen LogP contribution in [0.4, 0.5) is 28.9 Å². The molecule has 10 heteroatoms. The molecule has 0 radical (unpaired) electrons. The van der Waals surface area contributed by atoms with Crippen LogP contribution in [-0.2, 0) is 6.18 Å². The van der Waals surface area contributed by atoms with Gasteiger partial charge in [0.1, 0.15) is 0 Å². The predicted molar refractivity (Wildman–Crippen MR) is 80.8 cm³/mol. The Labute approximate surface area is 139 Å². The zero-order chi connectivity index (χ0) is 18.2. The van der Waals surface area contributed by atoms with Crippen molar-refractivity contribution in [3.63, 3.8) is 0 Å². The van der Waals surface area contributed by atoms with E-state index in [2.05, 4.69) is 5.10 Å². The fourth-order valence-electron chi connectivity index (χ4n) is 2.95. The van der Waals surface area contributed by atoms with Crippen LogP contribution in [0.25, 0.3) is 0 Å². The highest BCUT2D eigenvalue weighted by atomic mass is 19.4. The van der Waals surface area contributed by atoms with Crippen molar-refractivity contribution in [3.05, 3.63) is 52.1 Å². The topological polar surface area (TPSA) is 64.2 Å². The smallest absolute Gasteiger partial charge is 0.367 e. The fourth-order valence-corrected chi connectivity index (χ4v) is 2.95. The summed E-state index contributed by atoms with van der Waals surface area (Å²) < 4.78 is 53.4. The van der Waals surface area contributed by atoms with Crippen molar-refractivity contribution >= 4 is 11.4 Å². The van der Waals surface area contributed by atoms with Crippen LogP contribution in [0.2, 0.25) is 0 Å². The molecule has 0 amide bonds. The molecule has 0 N–H and O–H groups in total. The van der Waals surface area contributed by atoms with E-state index in [0.717, 1.165) is 12.1 Å². The minimum Gasteiger partial charge on any atom is -0.367 e. The third kappa shape index (κ3) is 3.57. The maximum Gasteiger partial charge on any atom is 0.435 e. The van der Waals surface area contributed by atoms with E-state index in [1.165, 1.54) is 23.0 Å². The fraction of sp³-hybridized carbons (Fsp3) is 0.400. The van der Waals surface area contributed by atoms with Crippen molar-refractivity contribution < 1.29 is 22.5 Å². The lowest BCUT2D eigenvalue weighted by Crippen LogP contribution is -2.37. The molecule has 0 saturated carbocycles. The van der Waals surface area contributed by atoms with Gasteiger partial charge in [0, 0.05) is 25.4 Å². The van der Waals surface area contributed by atoms with Crippen molar-refractivity contribution in [1.29, 1.82) is 0 Å². The Balaban J connectivity index is 1.79. The van der Waals surface area contributed by atoms with Gasteiger partial charge in [-0.15, -0.1) is 0 Å². The molecular weight excluding hydrogens is 344 g/mol. The van der Waals surface area contributed by atoms with E-state index in [9.17, 15) is 27.7 Å². The summed E-state index contributed by atoms with van der Waals surface area (Å²) >= 11 is 0. The van der Waals surface area contributed by atoms with Gasteiger partial charge >= 0.3 is 6.18 Å².